The molecule has 0 fully saturated rings. The number of sulfonamides is 1. The molecule has 140 valence electrons. The third-order valence-corrected chi connectivity index (χ3v) is 6.05. The number of aryl methyl sites for hydroxylation is 2. The standard InChI is InChI=1S/C21H22N2O3S/c1-16-6-9-19(10-7-16)23(15-18-5-4-12-22-14-18)27(24,25)21-13-17(2)8-11-20(21)26-3/h4-14H,15H2,1-3H3. The predicted octanol–water partition coefficient (Wildman–Crippen LogP) is 4.10. The van der Waals surface area contributed by atoms with Gasteiger partial charge in [-0.05, 0) is 55.3 Å². The summed E-state index contributed by atoms with van der Waals surface area (Å²) in [5.41, 5.74) is 3.30. The van der Waals surface area contributed by atoms with E-state index in [1.165, 1.54) is 11.4 Å². The van der Waals surface area contributed by atoms with Crippen LogP contribution in [0, 0.1) is 13.8 Å². The van der Waals surface area contributed by atoms with Crippen molar-refractivity contribution >= 4 is 15.7 Å². The van der Waals surface area contributed by atoms with Crippen molar-refractivity contribution in [2.45, 2.75) is 25.3 Å². The summed E-state index contributed by atoms with van der Waals surface area (Å²) in [6.07, 6.45) is 3.34. The summed E-state index contributed by atoms with van der Waals surface area (Å²) in [5, 5.41) is 0. The lowest BCUT2D eigenvalue weighted by Crippen LogP contribution is -2.31. The predicted molar refractivity (Wildman–Crippen MR) is 107 cm³/mol. The van der Waals surface area contributed by atoms with Crippen LogP contribution < -0.4 is 9.04 Å². The Morgan fingerprint density at radius 1 is 1.00 bits per heavy atom. The van der Waals surface area contributed by atoms with Gasteiger partial charge >= 0.3 is 0 Å². The zero-order chi connectivity index (χ0) is 19.4. The van der Waals surface area contributed by atoms with Crippen LogP contribution in [0.1, 0.15) is 16.7 Å². The van der Waals surface area contributed by atoms with Crippen LogP contribution in [0.5, 0.6) is 5.75 Å². The van der Waals surface area contributed by atoms with Crippen molar-refractivity contribution in [3.05, 3.63) is 83.7 Å². The first-order valence-electron chi connectivity index (χ1n) is 8.55. The van der Waals surface area contributed by atoms with Gasteiger partial charge in [0, 0.05) is 12.4 Å². The van der Waals surface area contributed by atoms with Crippen LogP contribution >= 0.6 is 0 Å². The molecule has 0 aliphatic heterocycles. The summed E-state index contributed by atoms with van der Waals surface area (Å²) in [6.45, 7) is 4.00. The molecule has 1 heterocycles. The van der Waals surface area contributed by atoms with Crippen molar-refractivity contribution in [2.24, 2.45) is 0 Å². The summed E-state index contributed by atoms with van der Waals surface area (Å²) < 4.78 is 33.9. The number of aromatic nitrogens is 1. The van der Waals surface area contributed by atoms with Crippen LogP contribution in [0.4, 0.5) is 5.69 Å². The maximum Gasteiger partial charge on any atom is 0.268 e. The summed E-state index contributed by atoms with van der Waals surface area (Å²) in [5.74, 6) is 0.323. The van der Waals surface area contributed by atoms with Crippen LogP contribution in [-0.4, -0.2) is 20.5 Å². The number of benzene rings is 2. The maximum absolute atomic E-state index is 13.6. The van der Waals surface area contributed by atoms with Gasteiger partial charge in [-0.1, -0.05) is 29.8 Å². The minimum atomic E-state index is -3.85. The highest BCUT2D eigenvalue weighted by Crippen LogP contribution is 2.32. The molecule has 0 aliphatic carbocycles. The number of rotatable bonds is 6. The average molecular weight is 382 g/mol. The van der Waals surface area contributed by atoms with Crippen molar-refractivity contribution in [2.75, 3.05) is 11.4 Å². The van der Waals surface area contributed by atoms with Crippen molar-refractivity contribution < 1.29 is 13.2 Å². The molecule has 0 spiro atoms. The van der Waals surface area contributed by atoms with E-state index < -0.39 is 10.0 Å². The molecule has 0 N–H and O–H groups in total. The quantitative estimate of drug-likeness (QED) is 0.644. The van der Waals surface area contributed by atoms with E-state index in [4.69, 9.17) is 4.74 Å². The zero-order valence-corrected chi connectivity index (χ0v) is 16.4. The van der Waals surface area contributed by atoms with E-state index in [1.807, 2.05) is 50.2 Å². The topological polar surface area (TPSA) is 59.5 Å². The van der Waals surface area contributed by atoms with Crippen molar-refractivity contribution in [1.29, 1.82) is 0 Å². The molecule has 3 rings (SSSR count). The first-order chi connectivity index (χ1) is 12.9. The van der Waals surface area contributed by atoms with E-state index in [2.05, 4.69) is 4.98 Å². The van der Waals surface area contributed by atoms with E-state index >= 15 is 0 Å². The maximum atomic E-state index is 13.6. The fourth-order valence-corrected chi connectivity index (χ4v) is 4.48. The lowest BCUT2D eigenvalue weighted by Gasteiger charge is -2.25. The fraction of sp³-hybridized carbons (Fsp3) is 0.190. The second-order valence-electron chi connectivity index (χ2n) is 6.36. The molecule has 0 unspecified atom stereocenters. The number of nitrogens with zero attached hydrogens (tertiary/aromatic N) is 2. The normalized spacial score (nSPS) is 11.2. The summed E-state index contributed by atoms with van der Waals surface area (Å²) in [4.78, 5) is 4.25. The second kappa shape index (κ2) is 7.80. The molecular formula is C21H22N2O3S. The van der Waals surface area contributed by atoms with Gasteiger partial charge in [0.15, 0.2) is 0 Å². The van der Waals surface area contributed by atoms with Gasteiger partial charge in [-0.2, -0.15) is 0 Å². The highest BCUT2D eigenvalue weighted by molar-refractivity contribution is 7.92. The van der Waals surface area contributed by atoms with E-state index in [-0.39, 0.29) is 11.4 Å². The number of hydrogen-bond acceptors (Lipinski definition) is 4. The lowest BCUT2D eigenvalue weighted by atomic mass is 10.2. The Labute approximate surface area is 160 Å². The summed E-state index contributed by atoms with van der Waals surface area (Å²) >= 11 is 0. The molecule has 1 aromatic heterocycles. The molecule has 5 nitrogen and oxygen atoms in total. The minimum Gasteiger partial charge on any atom is -0.495 e. The highest BCUT2D eigenvalue weighted by atomic mass is 32.2. The van der Waals surface area contributed by atoms with Gasteiger partial charge in [-0.25, -0.2) is 8.42 Å². The molecule has 6 heteroatoms. The first kappa shape index (κ1) is 18.9. The van der Waals surface area contributed by atoms with Gasteiger partial charge in [-0.3, -0.25) is 9.29 Å². The van der Waals surface area contributed by atoms with Gasteiger partial charge in [0.25, 0.3) is 10.0 Å². The molecule has 0 radical (unpaired) electrons. The largest absolute Gasteiger partial charge is 0.495 e. The first-order valence-corrected chi connectivity index (χ1v) is 9.99. The van der Waals surface area contributed by atoms with E-state index in [0.717, 1.165) is 16.7 Å². The van der Waals surface area contributed by atoms with Gasteiger partial charge < -0.3 is 4.74 Å². The van der Waals surface area contributed by atoms with Crippen LogP contribution in [0.2, 0.25) is 0 Å². The highest BCUT2D eigenvalue weighted by Gasteiger charge is 2.28. The average Bonchev–Trinajstić information content (AvgIpc) is 2.67. The van der Waals surface area contributed by atoms with Crippen LogP contribution in [0.3, 0.4) is 0 Å². The monoisotopic (exact) mass is 382 g/mol. The van der Waals surface area contributed by atoms with E-state index in [9.17, 15) is 8.42 Å². The van der Waals surface area contributed by atoms with Gasteiger partial charge in [0.2, 0.25) is 0 Å². The molecule has 27 heavy (non-hydrogen) atoms. The Kier molecular flexibility index (Phi) is 5.46. The molecular weight excluding hydrogens is 360 g/mol. The molecule has 0 atom stereocenters. The Hall–Kier alpha value is -2.86. The number of methoxy groups -OCH3 is 1. The van der Waals surface area contributed by atoms with Crippen LogP contribution in [-0.2, 0) is 16.6 Å². The van der Waals surface area contributed by atoms with E-state index in [1.54, 1.807) is 30.6 Å². The lowest BCUT2D eigenvalue weighted by molar-refractivity contribution is 0.402. The molecule has 0 saturated heterocycles. The zero-order valence-electron chi connectivity index (χ0n) is 15.6. The number of anilines is 1. The van der Waals surface area contributed by atoms with Crippen molar-refractivity contribution in [3.8, 4) is 5.75 Å². The van der Waals surface area contributed by atoms with Crippen LogP contribution in [0.25, 0.3) is 0 Å². The van der Waals surface area contributed by atoms with Crippen LogP contribution in [0.15, 0.2) is 71.9 Å². The fourth-order valence-electron chi connectivity index (χ4n) is 2.79. The van der Waals surface area contributed by atoms with Crippen molar-refractivity contribution in [1.82, 2.24) is 4.98 Å². The number of hydrogen-bond donors (Lipinski definition) is 0. The number of ether oxygens (including phenoxy) is 1. The third kappa shape index (κ3) is 4.11. The molecule has 0 saturated carbocycles. The Morgan fingerprint density at radius 2 is 1.70 bits per heavy atom. The molecule has 3 aromatic rings. The van der Waals surface area contributed by atoms with Crippen molar-refractivity contribution in [3.63, 3.8) is 0 Å². The SMILES string of the molecule is COc1ccc(C)cc1S(=O)(=O)N(Cc1cccnc1)c1ccc(C)cc1. The third-order valence-electron chi connectivity index (χ3n) is 4.26. The minimum absolute atomic E-state index is 0.148. The smallest absolute Gasteiger partial charge is 0.268 e. The molecule has 0 aliphatic rings. The molecule has 0 bridgehead atoms. The number of pyridine rings is 1. The summed E-state index contributed by atoms with van der Waals surface area (Å²) in [7, 11) is -2.38. The van der Waals surface area contributed by atoms with Gasteiger partial charge in [-0.15, -0.1) is 0 Å². The van der Waals surface area contributed by atoms with Gasteiger partial charge in [0.05, 0.1) is 19.3 Å². The van der Waals surface area contributed by atoms with E-state index in [0.29, 0.717) is 11.4 Å². The van der Waals surface area contributed by atoms with Gasteiger partial charge in [0.1, 0.15) is 10.6 Å². The second-order valence-corrected chi connectivity index (χ2v) is 8.19. The summed E-state index contributed by atoms with van der Waals surface area (Å²) in [6, 6.07) is 16.2. The molecule has 2 aromatic carbocycles. The Balaban J connectivity index is 2.14. The Bertz CT molecular complexity index is 1020. The molecule has 0 amide bonds. The Morgan fingerprint density at radius 3 is 2.33 bits per heavy atom.